The highest BCUT2D eigenvalue weighted by molar-refractivity contribution is 6.30. The van der Waals surface area contributed by atoms with E-state index in [0.29, 0.717) is 13.1 Å². The summed E-state index contributed by atoms with van der Waals surface area (Å²) in [6.45, 7) is 1.08. The molecule has 8 heteroatoms. The van der Waals surface area contributed by atoms with Gasteiger partial charge in [-0.05, 0) is 35.9 Å². The lowest BCUT2D eigenvalue weighted by Gasteiger charge is -2.28. The first-order chi connectivity index (χ1) is 11.3. The van der Waals surface area contributed by atoms with Crippen molar-refractivity contribution in [1.82, 2.24) is 5.32 Å². The van der Waals surface area contributed by atoms with Gasteiger partial charge in [0.05, 0.1) is 0 Å². The van der Waals surface area contributed by atoms with Crippen LogP contribution in [0.3, 0.4) is 0 Å². The third kappa shape index (κ3) is 3.91. The van der Waals surface area contributed by atoms with E-state index in [1.807, 2.05) is 0 Å². The topological polar surface area (TPSA) is 30.5 Å². The second-order valence-corrected chi connectivity index (χ2v) is 5.67. The molecule has 1 aliphatic heterocycles. The molecule has 0 aliphatic carbocycles. The van der Waals surface area contributed by atoms with Crippen LogP contribution in [0, 0.1) is 5.82 Å². The molecule has 1 heterocycles. The van der Waals surface area contributed by atoms with Gasteiger partial charge in [-0.2, -0.15) is 0 Å². The molecule has 0 bridgehead atoms. The zero-order valence-electron chi connectivity index (χ0n) is 12.2. The van der Waals surface area contributed by atoms with Crippen LogP contribution < -0.4 is 14.8 Å². The molecule has 0 saturated carbocycles. The average Bonchev–Trinajstić information content (AvgIpc) is 2.45. The molecule has 2 aromatic carbocycles. The van der Waals surface area contributed by atoms with Crippen molar-refractivity contribution < 1.29 is 27.0 Å². The number of halogens is 5. The Bertz CT molecular complexity index is 747. The van der Waals surface area contributed by atoms with Gasteiger partial charge in [0.25, 0.3) is 0 Å². The number of alkyl halides is 3. The van der Waals surface area contributed by atoms with E-state index in [0.717, 1.165) is 12.1 Å². The summed E-state index contributed by atoms with van der Waals surface area (Å²) in [5.74, 6) is -1.18. The van der Waals surface area contributed by atoms with Crippen LogP contribution in [-0.4, -0.2) is 25.6 Å². The van der Waals surface area contributed by atoms with Crippen molar-refractivity contribution in [2.75, 3.05) is 13.1 Å². The minimum absolute atomic E-state index is 0.0509. The van der Waals surface area contributed by atoms with Gasteiger partial charge in [0.2, 0.25) is 0 Å². The molecule has 1 N–H and O–H groups in total. The van der Waals surface area contributed by atoms with E-state index in [1.54, 1.807) is 0 Å². The summed E-state index contributed by atoms with van der Waals surface area (Å²) in [6, 6.07) is 7.71. The fraction of sp³-hybridized carbons (Fsp3) is 0.250. The zero-order chi connectivity index (χ0) is 17.3. The summed E-state index contributed by atoms with van der Waals surface area (Å²) in [4.78, 5) is 0. The molecular formula is C16H12ClF4NO2. The highest BCUT2D eigenvalue weighted by Crippen LogP contribution is 2.38. The van der Waals surface area contributed by atoms with Gasteiger partial charge in [-0.3, -0.25) is 0 Å². The lowest BCUT2D eigenvalue weighted by atomic mass is 10.0. The maximum absolute atomic E-state index is 13.9. The Morgan fingerprint density at radius 3 is 2.42 bits per heavy atom. The van der Waals surface area contributed by atoms with Gasteiger partial charge in [0.1, 0.15) is 11.9 Å². The SMILES string of the molecule is Fc1ccc(Cl)cc1-c1ccc(OC2CNC2)c(OC(F)(F)F)c1. The van der Waals surface area contributed by atoms with E-state index >= 15 is 0 Å². The molecule has 128 valence electrons. The number of ether oxygens (including phenoxy) is 2. The van der Waals surface area contributed by atoms with Crippen molar-refractivity contribution >= 4 is 11.6 Å². The molecule has 1 saturated heterocycles. The standard InChI is InChI=1S/C16H12ClF4NO2/c17-10-2-3-13(18)12(6-10)9-1-4-14(23-11-7-22-8-11)15(5-9)24-16(19,20)21/h1-6,11,22H,7-8H2. The molecule has 0 aromatic heterocycles. The minimum Gasteiger partial charge on any atom is -0.484 e. The van der Waals surface area contributed by atoms with Crippen LogP contribution in [0.1, 0.15) is 0 Å². The van der Waals surface area contributed by atoms with Gasteiger partial charge in [0, 0.05) is 23.7 Å². The van der Waals surface area contributed by atoms with Crippen LogP contribution in [-0.2, 0) is 0 Å². The Morgan fingerprint density at radius 1 is 1.04 bits per heavy atom. The summed E-state index contributed by atoms with van der Waals surface area (Å²) in [6.07, 6.45) is -5.11. The molecular weight excluding hydrogens is 350 g/mol. The summed E-state index contributed by atoms with van der Waals surface area (Å²) < 4.78 is 61.4. The third-order valence-electron chi connectivity index (χ3n) is 3.45. The lowest BCUT2D eigenvalue weighted by Crippen LogP contribution is -2.50. The van der Waals surface area contributed by atoms with Crippen LogP contribution in [0.5, 0.6) is 11.5 Å². The zero-order valence-corrected chi connectivity index (χ0v) is 12.9. The summed E-state index contributed by atoms with van der Waals surface area (Å²) in [7, 11) is 0. The number of hydrogen-bond acceptors (Lipinski definition) is 3. The molecule has 0 atom stereocenters. The van der Waals surface area contributed by atoms with Crippen LogP contribution in [0.4, 0.5) is 17.6 Å². The Labute approximate surface area is 140 Å². The third-order valence-corrected chi connectivity index (χ3v) is 3.68. The van der Waals surface area contributed by atoms with E-state index < -0.39 is 17.9 Å². The quantitative estimate of drug-likeness (QED) is 0.819. The number of hydrogen-bond donors (Lipinski definition) is 1. The van der Waals surface area contributed by atoms with Crippen LogP contribution in [0.15, 0.2) is 36.4 Å². The van der Waals surface area contributed by atoms with Crippen molar-refractivity contribution in [1.29, 1.82) is 0 Å². The normalized spacial score (nSPS) is 15.0. The van der Waals surface area contributed by atoms with Gasteiger partial charge in [-0.25, -0.2) is 4.39 Å². The van der Waals surface area contributed by atoms with Crippen molar-refractivity contribution in [3.05, 3.63) is 47.2 Å². The predicted molar refractivity (Wildman–Crippen MR) is 80.8 cm³/mol. The fourth-order valence-electron chi connectivity index (χ4n) is 2.22. The van der Waals surface area contributed by atoms with Crippen molar-refractivity contribution in [2.24, 2.45) is 0 Å². The first-order valence-corrected chi connectivity index (χ1v) is 7.42. The average molecular weight is 362 g/mol. The highest BCUT2D eigenvalue weighted by Gasteiger charge is 2.33. The number of benzene rings is 2. The van der Waals surface area contributed by atoms with E-state index in [1.165, 1.54) is 24.3 Å². The largest absolute Gasteiger partial charge is 0.573 e. The van der Waals surface area contributed by atoms with Crippen LogP contribution in [0.25, 0.3) is 11.1 Å². The maximum atomic E-state index is 13.9. The first-order valence-electron chi connectivity index (χ1n) is 7.04. The lowest BCUT2D eigenvalue weighted by molar-refractivity contribution is -0.275. The molecule has 1 aliphatic rings. The van der Waals surface area contributed by atoms with E-state index in [2.05, 4.69) is 10.1 Å². The van der Waals surface area contributed by atoms with E-state index in [9.17, 15) is 17.6 Å². The molecule has 0 radical (unpaired) electrons. The summed E-state index contributed by atoms with van der Waals surface area (Å²) in [5, 5.41) is 3.22. The second kappa shape index (κ2) is 6.49. The molecule has 0 amide bonds. The van der Waals surface area contributed by atoms with Crippen molar-refractivity contribution in [3.63, 3.8) is 0 Å². The molecule has 0 spiro atoms. The Morgan fingerprint density at radius 2 is 1.79 bits per heavy atom. The van der Waals surface area contributed by atoms with Gasteiger partial charge >= 0.3 is 6.36 Å². The number of rotatable bonds is 4. The van der Waals surface area contributed by atoms with Gasteiger partial charge in [-0.1, -0.05) is 17.7 Å². The second-order valence-electron chi connectivity index (χ2n) is 5.23. The van der Waals surface area contributed by atoms with E-state index in [-0.39, 0.29) is 28.0 Å². The van der Waals surface area contributed by atoms with Crippen LogP contribution in [0.2, 0.25) is 5.02 Å². The molecule has 24 heavy (non-hydrogen) atoms. The molecule has 3 rings (SSSR count). The first kappa shape index (κ1) is 16.9. The molecule has 2 aromatic rings. The van der Waals surface area contributed by atoms with Crippen molar-refractivity contribution in [2.45, 2.75) is 12.5 Å². The van der Waals surface area contributed by atoms with Gasteiger partial charge < -0.3 is 14.8 Å². The summed E-state index contributed by atoms with van der Waals surface area (Å²) >= 11 is 5.83. The minimum atomic E-state index is -4.89. The van der Waals surface area contributed by atoms with E-state index in [4.69, 9.17) is 16.3 Å². The maximum Gasteiger partial charge on any atom is 0.573 e. The van der Waals surface area contributed by atoms with Crippen LogP contribution >= 0.6 is 11.6 Å². The van der Waals surface area contributed by atoms with Gasteiger partial charge in [-0.15, -0.1) is 13.2 Å². The molecule has 0 unspecified atom stereocenters. The monoisotopic (exact) mass is 361 g/mol. The molecule has 3 nitrogen and oxygen atoms in total. The van der Waals surface area contributed by atoms with Gasteiger partial charge in [0.15, 0.2) is 11.5 Å². The Hall–Kier alpha value is -1.99. The molecule has 1 fully saturated rings. The summed E-state index contributed by atoms with van der Waals surface area (Å²) in [5.41, 5.74) is 0.278. The number of nitrogens with one attached hydrogen (secondary N) is 1. The van der Waals surface area contributed by atoms with Crippen molar-refractivity contribution in [3.8, 4) is 22.6 Å². The smallest absolute Gasteiger partial charge is 0.484 e. The Balaban J connectivity index is 1.99. The highest BCUT2D eigenvalue weighted by atomic mass is 35.5. The fourth-order valence-corrected chi connectivity index (χ4v) is 2.39. The Kier molecular flexibility index (Phi) is 4.56. The predicted octanol–water partition coefficient (Wildman–Crippen LogP) is 4.40.